The molecule has 2 unspecified atom stereocenters. The molecule has 1 aliphatic rings. The van der Waals surface area contributed by atoms with Crippen LogP contribution in [0.15, 0.2) is 24.3 Å². The molecular formula is C18H26O2. The van der Waals surface area contributed by atoms with Gasteiger partial charge in [0, 0.05) is 13.0 Å². The van der Waals surface area contributed by atoms with Crippen LogP contribution in [0.25, 0.3) is 0 Å². The van der Waals surface area contributed by atoms with Gasteiger partial charge in [0.1, 0.15) is 5.60 Å². The van der Waals surface area contributed by atoms with Gasteiger partial charge in [0.05, 0.1) is 0 Å². The third-order valence-corrected chi connectivity index (χ3v) is 4.33. The second-order valence-electron chi connectivity index (χ2n) is 6.22. The zero-order valence-electron chi connectivity index (χ0n) is 12.9. The maximum atomic E-state index is 12.8. The Balaban J connectivity index is 2.14. The number of hydrogen-bond donors (Lipinski definition) is 0. The summed E-state index contributed by atoms with van der Waals surface area (Å²) in [5.41, 5.74) is 1.78. The van der Waals surface area contributed by atoms with E-state index in [1.54, 1.807) is 0 Å². The van der Waals surface area contributed by atoms with Gasteiger partial charge < -0.3 is 4.74 Å². The molecule has 0 bridgehead atoms. The van der Waals surface area contributed by atoms with Gasteiger partial charge in [-0.25, -0.2) is 0 Å². The molecule has 0 amide bonds. The highest BCUT2D eigenvalue weighted by molar-refractivity contribution is 5.89. The molecule has 0 N–H and O–H groups in total. The highest BCUT2D eigenvalue weighted by atomic mass is 16.5. The average molecular weight is 274 g/mol. The predicted octanol–water partition coefficient (Wildman–Crippen LogP) is 4.09. The molecule has 0 spiro atoms. The van der Waals surface area contributed by atoms with Gasteiger partial charge in [0.15, 0.2) is 5.78 Å². The van der Waals surface area contributed by atoms with Crippen molar-refractivity contribution in [1.29, 1.82) is 0 Å². The van der Waals surface area contributed by atoms with E-state index in [4.69, 9.17) is 4.74 Å². The Hall–Kier alpha value is -1.15. The van der Waals surface area contributed by atoms with Gasteiger partial charge >= 0.3 is 0 Å². The number of rotatable bonds is 5. The molecule has 0 saturated heterocycles. The van der Waals surface area contributed by atoms with Crippen molar-refractivity contribution < 1.29 is 9.53 Å². The maximum Gasteiger partial charge on any atom is 0.168 e. The Morgan fingerprint density at radius 3 is 2.90 bits per heavy atom. The summed E-state index contributed by atoms with van der Waals surface area (Å²) in [5, 5.41) is 0. The van der Waals surface area contributed by atoms with E-state index in [0.717, 1.165) is 24.8 Å². The number of carbonyl (C=O) groups excluding carboxylic acids is 1. The second kappa shape index (κ2) is 6.53. The molecule has 2 rings (SSSR count). The predicted molar refractivity (Wildman–Crippen MR) is 81.9 cm³/mol. The summed E-state index contributed by atoms with van der Waals surface area (Å²) in [5.74, 6) is 0.841. The van der Waals surface area contributed by atoms with Crippen molar-refractivity contribution >= 4 is 5.78 Å². The molecular weight excluding hydrogens is 248 g/mol. The fourth-order valence-corrected chi connectivity index (χ4v) is 3.41. The highest BCUT2D eigenvalue weighted by Gasteiger charge is 2.41. The molecule has 1 saturated carbocycles. The van der Waals surface area contributed by atoms with Gasteiger partial charge in [0.25, 0.3) is 0 Å². The van der Waals surface area contributed by atoms with Crippen molar-refractivity contribution in [2.75, 3.05) is 6.61 Å². The molecule has 1 aliphatic carbocycles. The lowest BCUT2D eigenvalue weighted by Crippen LogP contribution is -2.46. The summed E-state index contributed by atoms with van der Waals surface area (Å²) in [6, 6.07) is 8.23. The fourth-order valence-electron chi connectivity index (χ4n) is 3.41. The van der Waals surface area contributed by atoms with E-state index in [-0.39, 0.29) is 5.78 Å². The molecule has 2 heteroatoms. The van der Waals surface area contributed by atoms with E-state index >= 15 is 0 Å². The van der Waals surface area contributed by atoms with E-state index in [9.17, 15) is 4.79 Å². The Morgan fingerprint density at radius 2 is 2.25 bits per heavy atom. The zero-order chi connectivity index (χ0) is 14.6. The van der Waals surface area contributed by atoms with Crippen LogP contribution in [0, 0.1) is 12.8 Å². The smallest absolute Gasteiger partial charge is 0.168 e. The molecule has 0 aliphatic heterocycles. The Kier molecular flexibility index (Phi) is 4.98. The van der Waals surface area contributed by atoms with Crippen LogP contribution < -0.4 is 0 Å². The van der Waals surface area contributed by atoms with E-state index in [1.165, 1.54) is 12.0 Å². The summed E-state index contributed by atoms with van der Waals surface area (Å²) in [7, 11) is 0. The lowest BCUT2D eigenvalue weighted by atomic mass is 9.75. The second-order valence-corrected chi connectivity index (χ2v) is 6.22. The zero-order valence-corrected chi connectivity index (χ0v) is 12.9. The van der Waals surface area contributed by atoms with Gasteiger partial charge in [-0.15, -0.1) is 0 Å². The molecule has 1 aromatic carbocycles. The van der Waals surface area contributed by atoms with E-state index in [1.807, 2.05) is 19.1 Å². The average Bonchev–Trinajstić information content (AvgIpc) is 2.39. The summed E-state index contributed by atoms with van der Waals surface area (Å²) in [6.07, 6.45) is 4.57. The molecule has 0 radical (unpaired) electrons. The minimum Gasteiger partial charge on any atom is -0.367 e. The topological polar surface area (TPSA) is 26.3 Å². The molecule has 1 fully saturated rings. The molecule has 2 nitrogen and oxygen atoms in total. The summed E-state index contributed by atoms with van der Waals surface area (Å²) >= 11 is 0. The highest BCUT2D eigenvalue weighted by Crippen LogP contribution is 2.36. The number of ketones is 1. The van der Waals surface area contributed by atoms with Crippen LogP contribution in [0.1, 0.15) is 50.7 Å². The fraction of sp³-hybridized carbons (Fsp3) is 0.611. The Labute approximate surface area is 122 Å². The van der Waals surface area contributed by atoms with Crippen LogP contribution in [0.2, 0.25) is 0 Å². The Morgan fingerprint density at radius 1 is 1.45 bits per heavy atom. The van der Waals surface area contributed by atoms with Crippen molar-refractivity contribution in [1.82, 2.24) is 0 Å². The molecule has 110 valence electrons. The first-order valence-electron chi connectivity index (χ1n) is 7.78. The third kappa shape index (κ3) is 3.49. The van der Waals surface area contributed by atoms with E-state index < -0.39 is 5.60 Å². The summed E-state index contributed by atoms with van der Waals surface area (Å²) in [4.78, 5) is 12.8. The number of carbonyl (C=O) groups is 1. The largest absolute Gasteiger partial charge is 0.367 e. The minimum absolute atomic E-state index is 0.261. The van der Waals surface area contributed by atoms with Gasteiger partial charge in [0.2, 0.25) is 0 Å². The minimum atomic E-state index is -0.532. The first-order valence-corrected chi connectivity index (χ1v) is 7.78. The number of aryl methyl sites for hydroxylation is 1. The van der Waals surface area contributed by atoms with Gasteiger partial charge in [-0.2, -0.15) is 0 Å². The number of benzene rings is 1. The molecule has 0 heterocycles. The monoisotopic (exact) mass is 274 g/mol. The third-order valence-electron chi connectivity index (χ3n) is 4.33. The molecule has 2 atom stereocenters. The SMILES string of the molecule is CCOC1(C(=O)Cc2cccc(C)c2)CCCC(C)C1. The van der Waals surface area contributed by atoms with Crippen LogP contribution in [-0.4, -0.2) is 18.0 Å². The number of ether oxygens (including phenoxy) is 1. The van der Waals surface area contributed by atoms with Crippen LogP contribution >= 0.6 is 0 Å². The van der Waals surface area contributed by atoms with Crippen LogP contribution in [-0.2, 0) is 16.0 Å². The van der Waals surface area contributed by atoms with Crippen molar-refractivity contribution in [2.24, 2.45) is 5.92 Å². The molecule has 0 aromatic heterocycles. The number of Topliss-reactive ketones (excluding diaryl/α,β-unsaturated/α-hetero) is 1. The van der Waals surface area contributed by atoms with Gasteiger partial charge in [-0.1, -0.05) is 43.2 Å². The van der Waals surface area contributed by atoms with Gasteiger partial charge in [-0.3, -0.25) is 4.79 Å². The van der Waals surface area contributed by atoms with Crippen LogP contribution in [0.3, 0.4) is 0 Å². The summed E-state index contributed by atoms with van der Waals surface area (Å²) < 4.78 is 5.96. The van der Waals surface area contributed by atoms with Crippen molar-refractivity contribution in [3.8, 4) is 0 Å². The van der Waals surface area contributed by atoms with E-state index in [0.29, 0.717) is 18.9 Å². The van der Waals surface area contributed by atoms with E-state index in [2.05, 4.69) is 26.0 Å². The normalized spacial score (nSPS) is 26.4. The van der Waals surface area contributed by atoms with Crippen molar-refractivity contribution in [3.63, 3.8) is 0 Å². The van der Waals surface area contributed by atoms with Gasteiger partial charge in [-0.05, 0) is 44.6 Å². The molecule has 1 aromatic rings. The maximum absolute atomic E-state index is 12.8. The Bertz CT molecular complexity index is 462. The van der Waals surface area contributed by atoms with Crippen LogP contribution in [0.4, 0.5) is 0 Å². The first kappa shape index (κ1) is 15.2. The number of hydrogen-bond acceptors (Lipinski definition) is 2. The van der Waals surface area contributed by atoms with Crippen molar-refractivity contribution in [3.05, 3.63) is 35.4 Å². The standard InChI is InChI=1S/C18H26O2/c1-4-20-18(10-6-8-15(3)13-18)17(19)12-16-9-5-7-14(2)11-16/h5,7,9,11,15H,4,6,8,10,12-13H2,1-3H3. The summed E-state index contributed by atoms with van der Waals surface area (Å²) in [6.45, 7) is 6.90. The lowest BCUT2D eigenvalue weighted by molar-refractivity contribution is -0.150. The van der Waals surface area contributed by atoms with Crippen LogP contribution in [0.5, 0.6) is 0 Å². The quantitative estimate of drug-likeness (QED) is 0.808. The molecule has 20 heavy (non-hydrogen) atoms. The lowest BCUT2D eigenvalue weighted by Gasteiger charge is -2.38. The first-order chi connectivity index (χ1) is 9.55. The van der Waals surface area contributed by atoms with Crippen molar-refractivity contribution in [2.45, 2.75) is 58.5 Å².